The number of fused-ring (bicyclic) bond motifs is 1. The highest BCUT2D eigenvalue weighted by Gasteiger charge is 2.54. The molecule has 2 atom stereocenters. The number of rotatable bonds is 3. The molecule has 2 aliphatic rings. The summed E-state index contributed by atoms with van der Waals surface area (Å²) in [5, 5.41) is -2.30. The Morgan fingerprint density at radius 1 is 0.829 bits per heavy atom. The Bertz CT molecular complexity index is 1360. The van der Waals surface area contributed by atoms with Crippen LogP contribution >= 0.6 is 0 Å². The molecule has 4 nitrogen and oxygen atoms in total. The van der Waals surface area contributed by atoms with Gasteiger partial charge in [0, 0.05) is 0 Å². The molecule has 0 aliphatic heterocycles. The summed E-state index contributed by atoms with van der Waals surface area (Å²) in [5.74, 6) is -17.2. The lowest BCUT2D eigenvalue weighted by atomic mass is 9.89. The van der Waals surface area contributed by atoms with Crippen LogP contribution in [0.5, 0.6) is 0 Å². The minimum atomic E-state index is -7.31. The van der Waals surface area contributed by atoms with Gasteiger partial charge in [-0.2, -0.15) is 13.2 Å². The third-order valence-electron chi connectivity index (χ3n) is 5.35. The summed E-state index contributed by atoms with van der Waals surface area (Å²) in [6.07, 6.45) is -7.34. The summed E-state index contributed by atoms with van der Waals surface area (Å²) >= 11 is 0. The van der Waals surface area contributed by atoms with Crippen LogP contribution in [0.25, 0.3) is 5.83 Å². The van der Waals surface area contributed by atoms with Gasteiger partial charge in [-0.05, 0) is 42.4 Å². The molecule has 0 amide bonds. The van der Waals surface area contributed by atoms with E-state index in [2.05, 4.69) is 0 Å². The Kier molecular flexibility index (Phi) is 6.76. The quantitative estimate of drug-likeness (QED) is 0.209. The average Bonchev–Trinajstić information content (AvgIpc) is 2.74. The molecule has 196 valence electrons. The van der Waals surface area contributed by atoms with Crippen molar-refractivity contribution in [1.82, 2.24) is 0 Å². The Balaban J connectivity index is 2.51. The number of benzene rings is 1. The first-order chi connectivity index (χ1) is 15.9. The molecule has 0 aromatic heterocycles. The van der Waals surface area contributed by atoms with E-state index in [0.29, 0.717) is 0 Å². The summed E-state index contributed by atoms with van der Waals surface area (Å²) in [5.41, 5.74) is -14.1. The van der Waals surface area contributed by atoms with Gasteiger partial charge in [0.1, 0.15) is 27.9 Å². The molecule has 1 aromatic carbocycles. The fraction of sp³-hybridized carbons (Fsp3) is 0.389. The average molecular weight is 563 g/mol. The summed E-state index contributed by atoms with van der Waals surface area (Å²) < 4.78 is 200. The van der Waals surface area contributed by atoms with E-state index < -0.39 is 111 Å². The predicted molar refractivity (Wildman–Crippen MR) is 96.9 cm³/mol. The molecule has 0 bridgehead atoms. The molecular weight excluding hydrogens is 553 g/mol. The highest BCUT2D eigenvalue weighted by atomic mass is 32.3. The molecule has 1 aromatic rings. The Labute approximate surface area is 189 Å². The van der Waals surface area contributed by atoms with Crippen molar-refractivity contribution in [2.75, 3.05) is 0 Å². The maximum atomic E-state index is 15.1. The van der Waals surface area contributed by atoms with Crippen molar-refractivity contribution in [3.05, 3.63) is 56.2 Å². The van der Waals surface area contributed by atoms with Gasteiger partial charge in [0.25, 0.3) is 9.84 Å². The van der Waals surface area contributed by atoms with Gasteiger partial charge < -0.3 is 0 Å². The van der Waals surface area contributed by atoms with Crippen molar-refractivity contribution in [3.63, 3.8) is 0 Å². The van der Waals surface area contributed by atoms with Gasteiger partial charge in [-0.1, -0.05) is 0 Å². The van der Waals surface area contributed by atoms with Gasteiger partial charge in [0.05, 0.1) is 17.2 Å². The van der Waals surface area contributed by atoms with E-state index in [4.69, 9.17) is 0 Å². The topological polar surface area (TPSA) is 68.3 Å². The second-order valence-corrected chi connectivity index (χ2v) is 11.8. The zero-order chi connectivity index (χ0) is 26.8. The fourth-order valence-corrected chi connectivity index (χ4v) is 8.00. The Morgan fingerprint density at radius 3 is 1.89 bits per heavy atom. The number of hydrogen-bond acceptors (Lipinski definition) is 4. The standard InChI is InChI=1S/C18H10F11O4S2/c19-5-2-1-3-6(4-5)34(30,31)17(35(32,33)18(27,28)29)9-10(20)7-8(11(21)14(9)24)13(23)16(26)15(25)12(7)22/h5-6H,1-4H2/q-1/b17-9+. The number of alkyl halides is 4. The molecule has 1 fully saturated rings. The minimum Gasteiger partial charge on any atom is -0.254 e. The number of hydrogen-bond donors (Lipinski definition) is 0. The SMILES string of the molecule is O=S(=O)(/C(=C1\C(F)=C(F)c2c(F)c(F)c(F)c(F)c2[C-]1F)S(=O)(=O)C(F)(F)F)C1CCCC(F)C1. The van der Waals surface area contributed by atoms with E-state index >= 15 is 4.39 Å². The molecule has 2 unspecified atom stereocenters. The molecule has 0 radical (unpaired) electrons. The second-order valence-electron chi connectivity index (χ2n) is 7.49. The van der Waals surface area contributed by atoms with Crippen LogP contribution in [0, 0.1) is 29.4 Å². The molecule has 0 N–H and O–H groups in total. The Hall–Kier alpha value is -2.30. The van der Waals surface area contributed by atoms with Gasteiger partial charge in [-0.25, -0.2) is 43.2 Å². The molecular formula is C18H10F11O4S2-. The summed E-state index contributed by atoms with van der Waals surface area (Å²) in [7, 11) is -13.4. The Morgan fingerprint density at radius 2 is 1.37 bits per heavy atom. The van der Waals surface area contributed by atoms with Gasteiger partial charge in [-0.15, -0.1) is 0 Å². The van der Waals surface area contributed by atoms with Crippen LogP contribution < -0.4 is 0 Å². The number of allylic oxidation sites excluding steroid dienone is 2. The van der Waals surface area contributed by atoms with Crippen molar-refractivity contribution in [3.8, 4) is 0 Å². The van der Waals surface area contributed by atoms with E-state index in [9.17, 15) is 60.7 Å². The lowest BCUT2D eigenvalue weighted by Gasteiger charge is -2.33. The van der Waals surface area contributed by atoms with Crippen LogP contribution in [0.3, 0.4) is 0 Å². The maximum Gasteiger partial charge on any atom is 0.495 e. The van der Waals surface area contributed by atoms with Gasteiger partial charge in [-0.3, -0.25) is 8.78 Å². The van der Waals surface area contributed by atoms with Crippen LogP contribution in [0.15, 0.2) is 15.6 Å². The predicted octanol–water partition coefficient (Wildman–Crippen LogP) is 5.56. The van der Waals surface area contributed by atoms with E-state index in [0.717, 1.165) is 0 Å². The van der Waals surface area contributed by atoms with Crippen molar-refractivity contribution >= 4 is 25.5 Å². The second kappa shape index (κ2) is 8.67. The molecule has 17 heteroatoms. The highest BCUT2D eigenvalue weighted by Crippen LogP contribution is 2.51. The van der Waals surface area contributed by atoms with E-state index in [1.807, 2.05) is 0 Å². The molecule has 1 saturated carbocycles. The molecule has 2 aliphatic carbocycles. The summed E-state index contributed by atoms with van der Waals surface area (Å²) in [6.45, 7) is 0. The first-order valence-corrected chi connectivity index (χ1v) is 12.3. The minimum absolute atomic E-state index is 0.282. The molecule has 3 rings (SSSR count). The lowest BCUT2D eigenvalue weighted by molar-refractivity contribution is -0.0425. The van der Waals surface area contributed by atoms with Crippen molar-refractivity contribution in [2.45, 2.75) is 42.6 Å². The molecule has 0 heterocycles. The number of halogens is 11. The maximum absolute atomic E-state index is 15.1. The van der Waals surface area contributed by atoms with Gasteiger partial charge >= 0.3 is 5.51 Å². The summed E-state index contributed by atoms with van der Waals surface area (Å²) in [4.78, 5) is 0. The first kappa shape index (κ1) is 27.3. The normalized spacial score (nSPS) is 23.5. The zero-order valence-electron chi connectivity index (χ0n) is 16.6. The third-order valence-corrected chi connectivity index (χ3v) is 10.0. The smallest absolute Gasteiger partial charge is 0.254 e. The van der Waals surface area contributed by atoms with E-state index in [-0.39, 0.29) is 12.8 Å². The van der Waals surface area contributed by atoms with Gasteiger partial charge in [0.15, 0.2) is 21.5 Å². The monoisotopic (exact) mass is 563 g/mol. The van der Waals surface area contributed by atoms with Crippen LogP contribution in [0.1, 0.15) is 36.8 Å². The summed E-state index contributed by atoms with van der Waals surface area (Å²) in [6, 6.07) is 0. The molecule has 35 heavy (non-hydrogen) atoms. The van der Waals surface area contributed by atoms with E-state index in [1.54, 1.807) is 0 Å². The highest BCUT2D eigenvalue weighted by molar-refractivity contribution is 8.15. The van der Waals surface area contributed by atoms with Crippen LogP contribution in [0.2, 0.25) is 0 Å². The third kappa shape index (κ3) is 4.09. The fourth-order valence-electron chi connectivity index (χ4n) is 3.72. The number of sulfone groups is 2. The van der Waals surface area contributed by atoms with Gasteiger partial charge in [0.2, 0.25) is 0 Å². The zero-order valence-corrected chi connectivity index (χ0v) is 18.2. The van der Waals surface area contributed by atoms with Crippen molar-refractivity contribution in [2.24, 2.45) is 0 Å². The van der Waals surface area contributed by atoms with Crippen LogP contribution in [0.4, 0.5) is 48.3 Å². The van der Waals surface area contributed by atoms with E-state index in [1.165, 1.54) is 0 Å². The first-order valence-electron chi connectivity index (χ1n) is 9.26. The molecule has 0 saturated heterocycles. The van der Waals surface area contributed by atoms with Crippen molar-refractivity contribution in [1.29, 1.82) is 0 Å². The van der Waals surface area contributed by atoms with Crippen LogP contribution in [-0.2, 0) is 19.7 Å². The largest absolute Gasteiger partial charge is 0.495 e. The van der Waals surface area contributed by atoms with Crippen molar-refractivity contribution < 1.29 is 65.1 Å². The van der Waals surface area contributed by atoms with Crippen LogP contribution in [-0.4, -0.2) is 33.8 Å². The molecule has 0 spiro atoms. The lowest BCUT2D eigenvalue weighted by Crippen LogP contribution is -2.37.